The van der Waals surface area contributed by atoms with E-state index in [1.165, 1.54) is 0 Å². The van der Waals surface area contributed by atoms with E-state index in [0.29, 0.717) is 25.5 Å². The maximum Gasteiger partial charge on any atom is 0.310 e. The molecule has 0 aliphatic heterocycles. The lowest BCUT2D eigenvalue weighted by Crippen LogP contribution is -2.06. The molecule has 3 aromatic rings. The molecule has 5 nitrogen and oxygen atoms in total. The zero-order chi connectivity index (χ0) is 17.1. The third-order valence-corrected chi connectivity index (χ3v) is 4.63. The molecule has 1 aromatic carbocycles. The molecule has 0 aliphatic carbocycles. The van der Waals surface area contributed by atoms with Gasteiger partial charge in [-0.25, -0.2) is 4.98 Å². The summed E-state index contributed by atoms with van der Waals surface area (Å²) >= 11 is 1.59. The number of esters is 1. The van der Waals surface area contributed by atoms with Crippen LogP contribution in [-0.2, 0) is 22.6 Å². The van der Waals surface area contributed by atoms with Gasteiger partial charge in [-0.05, 0) is 48.4 Å². The second-order valence-electron chi connectivity index (χ2n) is 5.43. The van der Waals surface area contributed by atoms with E-state index in [4.69, 9.17) is 13.9 Å². The topological polar surface area (TPSA) is 61.6 Å². The van der Waals surface area contributed by atoms with Crippen molar-refractivity contribution in [3.63, 3.8) is 0 Å². The number of hydrogen-bond acceptors (Lipinski definition) is 6. The summed E-state index contributed by atoms with van der Waals surface area (Å²) in [5, 5.41) is 3.06. The van der Waals surface area contributed by atoms with Crippen LogP contribution in [0.1, 0.15) is 29.8 Å². The fraction of sp³-hybridized carbons (Fsp3) is 0.333. The largest absolute Gasteiger partial charge is 0.486 e. The van der Waals surface area contributed by atoms with Crippen molar-refractivity contribution >= 4 is 27.4 Å². The summed E-state index contributed by atoms with van der Waals surface area (Å²) in [5.74, 6) is 1.94. The fourth-order valence-electron chi connectivity index (χ4n) is 2.51. The highest BCUT2D eigenvalue weighted by molar-refractivity contribution is 7.17. The summed E-state index contributed by atoms with van der Waals surface area (Å²) < 4.78 is 17.4. The monoisotopic (exact) mass is 345 g/mol. The lowest BCUT2D eigenvalue weighted by Gasteiger charge is -2.05. The van der Waals surface area contributed by atoms with Crippen LogP contribution in [0.4, 0.5) is 0 Å². The molecule has 0 N–H and O–H groups in total. The van der Waals surface area contributed by atoms with Gasteiger partial charge in [-0.3, -0.25) is 4.79 Å². The Morgan fingerprint density at radius 2 is 2.17 bits per heavy atom. The number of aryl methyl sites for hydroxylation is 2. The van der Waals surface area contributed by atoms with Crippen molar-refractivity contribution in [2.75, 3.05) is 6.61 Å². The Kier molecular flexibility index (Phi) is 4.85. The zero-order valence-electron chi connectivity index (χ0n) is 13.9. The van der Waals surface area contributed by atoms with Crippen molar-refractivity contribution in [1.29, 1.82) is 0 Å². The number of thiophene rings is 1. The molecular formula is C18H19NO4S. The van der Waals surface area contributed by atoms with Crippen LogP contribution in [0.3, 0.4) is 0 Å². The van der Waals surface area contributed by atoms with E-state index in [1.807, 2.05) is 44.4 Å². The normalized spacial score (nSPS) is 11.0. The van der Waals surface area contributed by atoms with Gasteiger partial charge in [0.15, 0.2) is 11.7 Å². The maximum atomic E-state index is 11.7. The van der Waals surface area contributed by atoms with Crippen LogP contribution < -0.4 is 4.74 Å². The van der Waals surface area contributed by atoms with E-state index in [2.05, 4.69) is 4.98 Å². The van der Waals surface area contributed by atoms with Gasteiger partial charge in [-0.2, -0.15) is 0 Å². The first-order chi connectivity index (χ1) is 11.6. The van der Waals surface area contributed by atoms with E-state index in [1.54, 1.807) is 11.3 Å². The van der Waals surface area contributed by atoms with Gasteiger partial charge in [0, 0.05) is 11.6 Å². The van der Waals surface area contributed by atoms with Crippen molar-refractivity contribution in [3.8, 4) is 5.75 Å². The van der Waals surface area contributed by atoms with Crippen LogP contribution in [0.2, 0.25) is 0 Å². The number of oxazole rings is 1. The summed E-state index contributed by atoms with van der Waals surface area (Å²) in [6.45, 7) is 6.28. The molecule has 6 heteroatoms. The summed E-state index contributed by atoms with van der Waals surface area (Å²) in [4.78, 5) is 15.9. The molecule has 24 heavy (non-hydrogen) atoms. The van der Waals surface area contributed by atoms with Crippen molar-refractivity contribution in [3.05, 3.63) is 46.5 Å². The lowest BCUT2D eigenvalue weighted by molar-refractivity contribution is -0.142. The Bertz CT molecular complexity index is 865. The van der Waals surface area contributed by atoms with Gasteiger partial charge in [-0.1, -0.05) is 0 Å². The highest BCUT2D eigenvalue weighted by Gasteiger charge is 2.11. The van der Waals surface area contributed by atoms with Crippen molar-refractivity contribution in [2.24, 2.45) is 0 Å². The quantitative estimate of drug-likeness (QED) is 0.627. The van der Waals surface area contributed by atoms with Crippen LogP contribution in [0.5, 0.6) is 5.75 Å². The second kappa shape index (κ2) is 7.05. The number of carbonyl (C=O) groups excluding carboxylic acids is 1. The Morgan fingerprint density at radius 1 is 1.33 bits per heavy atom. The number of fused-ring (bicyclic) bond motifs is 1. The SMILES string of the molecule is CCOC(=O)Cc1csc2cc(OCc3oc(C)nc3C)ccc12. The third kappa shape index (κ3) is 3.59. The smallest absolute Gasteiger partial charge is 0.310 e. The van der Waals surface area contributed by atoms with Crippen LogP contribution in [0.15, 0.2) is 28.0 Å². The number of ether oxygens (including phenoxy) is 2. The number of benzene rings is 1. The Morgan fingerprint density at radius 3 is 2.88 bits per heavy atom. The minimum atomic E-state index is -0.200. The summed E-state index contributed by atoms with van der Waals surface area (Å²) in [7, 11) is 0. The van der Waals surface area contributed by atoms with Crippen molar-refractivity contribution < 1.29 is 18.7 Å². The molecular weight excluding hydrogens is 326 g/mol. The molecule has 0 aliphatic rings. The molecule has 0 amide bonds. The van der Waals surface area contributed by atoms with Crippen LogP contribution in [0.25, 0.3) is 10.1 Å². The minimum Gasteiger partial charge on any atom is -0.486 e. The highest BCUT2D eigenvalue weighted by Crippen LogP contribution is 2.30. The van der Waals surface area contributed by atoms with Gasteiger partial charge in [-0.15, -0.1) is 11.3 Å². The standard InChI is InChI=1S/C18H19NO4S/c1-4-21-18(20)7-13-10-24-17-8-14(5-6-15(13)17)22-9-16-11(2)19-12(3)23-16/h5-6,8,10H,4,7,9H2,1-3H3. The molecule has 0 saturated heterocycles. The minimum absolute atomic E-state index is 0.200. The second-order valence-corrected chi connectivity index (χ2v) is 6.34. The van der Waals surface area contributed by atoms with Gasteiger partial charge in [0.05, 0.1) is 18.7 Å². The number of aromatic nitrogens is 1. The van der Waals surface area contributed by atoms with Gasteiger partial charge in [0.25, 0.3) is 0 Å². The Hall–Kier alpha value is -2.34. The molecule has 0 radical (unpaired) electrons. The molecule has 3 rings (SSSR count). The zero-order valence-corrected chi connectivity index (χ0v) is 14.7. The van der Waals surface area contributed by atoms with Crippen LogP contribution in [-0.4, -0.2) is 17.6 Å². The van der Waals surface area contributed by atoms with E-state index in [-0.39, 0.29) is 5.97 Å². The molecule has 0 atom stereocenters. The van der Waals surface area contributed by atoms with Crippen molar-refractivity contribution in [1.82, 2.24) is 4.98 Å². The van der Waals surface area contributed by atoms with E-state index in [0.717, 1.165) is 32.9 Å². The molecule has 0 saturated carbocycles. The predicted octanol–water partition coefficient (Wildman–Crippen LogP) is 4.19. The fourth-order valence-corrected chi connectivity index (χ4v) is 3.50. The summed E-state index contributed by atoms with van der Waals surface area (Å²) in [5.41, 5.74) is 1.84. The molecule has 2 aromatic heterocycles. The van der Waals surface area contributed by atoms with Gasteiger partial charge >= 0.3 is 5.97 Å². The third-order valence-electron chi connectivity index (χ3n) is 3.64. The summed E-state index contributed by atoms with van der Waals surface area (Å²) in [6, 6.07) is 5.86. The first kappa shape index (κ1) is 16.5. The van der Waals surface area contributed by atoms with E-state index >= 15 is 0 Å². The maximum absolute atomic E-state index is 11.7. The van der Waals surface area contributed by atoms with Crippen LogP contribution in [0, 0.1) is 13.8 Å². The van der Waals surface area contributed by atoms with Gasteiger partial charge in [0.1, 0.15) is 12.4 Å². The molecule has 0 unspecified atom stereocenters. The molecule has 0 bridgehead atoms. The van der Waals surface area contributed by atoms with E-state index < -0.39 is 0 Å². The number of rotatable bonds is 6. The number of carbonyl (C=O) groups is 1. The average Bonchev–Trinajstić information content (AvgIpc) is 3.08. The molecule has 0 spiro atoms. The van der Waals surface area contributed by atoms with E-state index in [9.17, 15) is 4.79 Å². The van der Waals surface area contributed by atoms with Gasteiger partial charge < -0.3 is 13.9 Å². The Balaban J connectivity index is 1.72. The van der Waals surface area contributed by atoms with Gasteiger partial charge in [0.2, 0.25) is 0 Å². The first-order valence-electron chi connectivity index (χ1n) is 7.78. The lowest BCUT2D eigenvalue weighted by atomic mass is 10.1. The Labute approximate surface area is 144 Å². The molecule has 0 fully saturated rings. The highest BCUT2D eigenvalue weighted by atomic mass is 32.1. The predicted molar refractivity (Wildman–Crippen MR) is 92.5 cm³/mol. The summed E-state index contributed by atoms with van der Waals surface area (Å²) in [6.07, 6.45) is 0.296. The van der Waals surface area contributed by atoms with Crippen LogP contribution >= 0.6 is 11.3 Å². The molecule has 2 heterocycles. The van der Waals surface area contributed by atoms with Crippen molar-refractivity contribution in [2.45, 2.75) is 33.8 Å². The molecule has 126 valence electrons. The average molecular weight is 345 g/mol. The number of nitrogens with zero attached hydrogens (tertiary/aromatic N) is 1. The first-order valence-corrected chi connectivity index (χ1v) is 8.66. The number of hydrogen-bond donors (Lipinski definition) is 0.